The lowest BCUT2D eigenvalue weighted by Gasteiger charge is -2.05. The van der Waals surface area contributed by atoms with Crippen LogP contribution in [0.15, 0.2) is 0 Å². The standard InChI is InChI=1S/C16H34N2O/c1-2-3-4-5-6-7-8-9-10-11-15-18-16(19)13-12-14-17/h2-15,17H2,1H3,(H,18,19). The van der Waals surface area contributed by atoms with Gasteiger partial charge in [-0.25, -0.2) is 0 Å². The number of hydrogen-bond donors (Lipinski definition) is 2. The fourth-order valence-corrected chi connectivity index (χ4v) is 2.19. The van der Waals surface area contributed by atoms with Crippen LogP contribution in [0.4, 0.5) is 0 Å². The summed E-state index contributed by atoms with van der Waals surface area (Å²) in [7, 11) is 0. The molecule has 19 heavy (non-hydrogen) atoms. The minimum absolute atomic E-state index is 0.154. The summed E-state index contributed by atoms with van der Waals surface area (Å²) in [6, 6.07) is 0. The zero-order chi connectivity index (χ0) is 14.2. The van der Waals surface area contributed by atoms with Crippen LogP contribution in [-0.2, 0) is 4.79 Å². The number of carbonyl (C=O) groups is 1. The van der Waals surface area contributed by atoms with Gasteiger partial charge in [0.1, 0.15) is 0 Å². The van der Waals surface area contributed by atoms with Crippen molar-refractivity contribution < 1.29 is 4.79 Å². The molecule has 0 aromatic carbocycles. The van der Waals surface area contributed by atoms with Crippen molar-refractivity contribution in [2.45, 2.75) is 84.0 Å². The molecule has 0 aliphatic rings. The second kappa shape index (κ2) is 15.5. The third-order valence-electron chi connectivity index (χ3n) is 3.46. The van der Waals surface area contributed by atoms with Gasteiger partial charge in [-0.1, -0.05) is 64.7 Å². The van der Waals surface area contributed by atoms with Gasteiger partial charge in [0.05, 0.1) is 0 Å². The number of unbranched alkanes of at least 4 members (excludes halogenated alkanes) is 9. The number of rotatable bonds is 14. The molecule has 0 saturated carbocycles. The minimum Gasteiger partial charge on any atom is -0.356 e. The van der Waals surface area contributed by atoms with Crippen LogP contribution in [0.5, 0.6) is 0 Å². The first kappa shape index (κ1) is 18.4. The Kier molecular flexibility index (Phi) is 15.0. The maximum Gasteiger partial charge on any atom is 0.220 e. The molecule has 0 rings (SSSR count). The van der Waals surface area contributed by atoms with E-state index in [0.29, 0.717) is 13.0 Å². The highest BCUT2D eigenvalue weighted by molar-refractivity contribution is 5.75. The molecule has 0 unspecified atom stereocenters. The molecule has 3 nitrogen and oxygen atoms in total. The van der Waals surface area contributed by atoms with Crippen LogP contribution >= 0.6 is 0 Å². The van der Waals surface area contributed by atoms with Crippen molar-refractivity contribution in [3.8, 4) is 0 Å². The van der Waals surface area contributed by atoms with E-state index < -0.39 is 0 Å². The first-order valence-corrected chi connectivity index (χ1v) is 8.28. The van der Waals surface area contributed by atoms with Gasteiger partial charge >= 0.3 is 0 Å². The average Bonchev–Trinajstić information content (AvgIpc) is 2.42. The van der Waals surface area contributed by atoms with Crippen LogP contribution in [0.3, 0.4) is 0 Å². The fourth-order valence-electron chi connectivity index (χ4n) is 2.19. The quantitative estimate of drug-likeness (QED) is 0.472. The number of amides is 1. The molecule has 0 aromatic heterocycles. The van der Waals surface area contributed by atoms with Crippen LogP contribution in [0.2, 0.25) is 0 Å². The highest BCUT2D eigenvalue weighted by Crippen LogP contribution is 2.10. The lowest BCUT2D eigenvalue weighted by atomic mass is 10.1. The van der Waals surface area contributed by atoms with E-state index in [1.165, 1.54) is 57.8 Å². The molecule has 3 heteroatoms. The van der Waals surface area contributed by atoms with Crippen LogP contribution in [0.1, 0.15) is 84.0 Å². The second-order valence-electron chi connectivity index (χ2n) is 5.42. The van der Waals surface area contributed by atoms with Crippen molar-refractivity contribution in [3.05, 3.63) is 0 Å². The molecule has 0 saturated heterocycles. The van der Waals surface area contributed by atoms with Crippen LogP contribution in [-0.4, -0.2) is 19.0 Å². The molecule has 0 atom stereocenters. The maximum absolute atomic E-state index is 11.3. The topological polar surface area (TPSA) is 55.1 Å². The van der Waals surface area contributed by atoms with Gasteiger partial charge in [-0.05, 0) is 19.4 Å². The van der Waals surface area contributed by atoms with E-state index in [4.69, 9.17) is 5.73 Å². The minimum atomic E-state index is 0.154. The van der Waals surface area contributed by atoms with E-state index in [-0.39, 0.29) is 5.91 Å². The second-order valence-corrected chi connectivity index (χ2v) is 5.42. The van der Waals surface area contributed by atoms with E-state index >= 15 is 0 Å². The van der Waals surface area contributed by atoms with Crippen molar-refractivity contribution in [1.82, 2.24) is 5.32 Å². The Bertz CT molecular complexity index is 195. The number of hydrogen-bond acceptors (Lipinski definition) is 2. The van der Waals surface area contributed by atoms with Gasteiger partial charge in [0.15, 0.2) is 0 Å². The molecule has 0 fully saturated rings. The molecule has 0 heterocycles. The van der Waals surface area contributed by atoms with Crippen molar-refractivity contribution >= 4 is 5.91 Å². The van der Waals surface area contributed by atoms with Crippen LogP contribution in [0.25, 0.3) is 0 Å². The Morgan fingerprint density at radius 3 is 1.89 bits per heavy atom. The SMILES string of the molecule is CCCCCCCCCCCCNC(=O)CCCN. The van der Waals surface area contributed by atoms with Crippen molar-refractivity contribution in [1.29, 1.82) is 0 Å². The summed E-state index contributed by atoms with van der Waals surface area (Å²) in [4.78, 5) is 11.3. The summed E-state index contributed by atoms with van der Waals surface area (Å²) >= 11 is 0. The molecule has 0 aliphatic carbocycles. The summed E-state index contributed by atoms with van der Waals surface area (Å²) in [5.74, 6) is 0.154. The fraction of sp³-hybridized carbons (Fsp3) is 0.938. The van der Waals surface area contributed by atoms with Gasteiger partial charge in [-0.3, -0.25) is 4.79 Å². The largest absolute Gasteiger partial charge is 0.356 e. The number of nitrogens with one attached hydrogen (secondary N) is 1. The summed E-state index contributed by atoms with van der Waals surface area (Å²) in [6.07, 6.45) is 14.7. The highest BCUT2D eigenvalue weighted by Gasteiger charge is 1.98. The summed E-state index contributed by atoms with van der Waals surface area (Å²) in [6.45, 7) is 3.69. The number of nitrogens with two attached hydrogens (primary N) is 1. The zero-order valence-corrected chi connectivity index (χ0v) is 12.9. The van der Waals surface area contributed by atoms with Gasteiger partial charge in [-0.15, -0.1) is 0 Å². The van der Waals surface area contributed by atoms with E-state index in [1.54, 1.807) is 0 Å². The Labute approximate surface area is 119 Å². The Morgan fingerprint density at radius 1 is 0.842 bits per heavy atom. The molecule has 0 aromatic rings. The van der Waals surface area contributed by atoms with Crippen molar-refractivity contribution in [2.75, 3.05) is 13.1 Å². The molecule has 0 radical (unpaired) electrons. The summed E-state index contributed by atoms with van der Waals surface area (Å²) in [5.41, 5.74) is 5.36. The van der Waals surface area contributed by atoms with Crippen LogP contribution in [0, 0.1) is 0 Å². The summed E-state index contributed by atoms with van der Waals surface area (Å²) in [5, 5.41) is 2.95. The molecule has 3 N–H and O–H groups in total. The Balaban J connectivity index is 3.04. The zero-order valence-electron chi connectivity index (χ0n) is 12.9. The lowest BCUT2D eigenvalue weighted by molar-refractivity contribution is -0.121. The molecule has 0 spiro atoms. The smallest absolute Gasteiger partial charge is 0.220 e. The maximum atomic E-state index is 11.3. The molecule has 1 amide bonds. The first-order valence-electron chi connectivity index (χ1n) is 8.28. The third kappa shape index (κ3) is 15.4. The van der Waals surface area contributed by atoms with Crippen molar-refractivity contribution in [2.24, 2.45) is 5.73 Å². The normalized spacial score (nSPS) is 10.6. The number of carbonyl (C=O) groups excluding carboxylic acids is 1. The molecule has 0 bridgehead atoms. The highest BCUT2D eigenvalue weighted by atomic mass is 16.1. The third-order valence-corrected chi connectivity index (χ3v) is 3.46. The lowest BCUT2D eigenvalue weighted by Crippen LogP contribution is -2.24. The van der Waals surface area contributed by atoms with E-state index in [2.05, 4.69) is 12.2 Å². The van der Waals surface area contributed by atoms with Crippen molar-refractivity contribution in [3.63, 3.8) is 0 Å². The average molecular weight is 270 g/mol. The molecular formula is C16H34N2O. The predicted octanol–water partition coefficient (Wildman–Crippen LogP) is 3.76. The molecule has 0 aliphatic heterocycles. The summed E-state index contributed by atoms with van der Waals surface area (Å²) < 4.78 is 0. The molecule has 114 valence electrons. The van der Waals surface area contributed by atoms with E-state index in [9.17, 15) is 4.79 Å². The van der Waals surface area contributed by atoms with Gasteiger partial charge in [0, 0.05) is 13.0 Å². The van der Waals surface area contributed by atoms with Gasteiger partial charge in [0.25, 0.3) is 0 Å². The molecular weight excluding hydrogens is 236 g/mol. The van der Waals surface area contributed by atoms with E-state index in [1.807, 2.05) is 0 Å². The predicted molar refractivity (Wildman–Crippen MR) is 83.1 cm³/mol. The van der Waals surface area contributed by atoms with Gasteiger partial charge in [-0.2, -0.15) is 0 Å². The first-order chi connectivity index (χ1) is 9.31. The van der Waals surface area contributed by atoms with Crippen LogP contribution < -0.4 is 11.1 Å². The Morgan fingerprint density at radius 2 is 1.37 bits per heavy atom. The monoisotopic (exact) mass is 270 g/mol. The Hall–Kier alpha value is -0.570. The van der Waals surface area contributed by atoms with Gasteiger partial charge < -0.3 is 11.1 Å². The van der Waals surface area contributed by atoms with E-state index in [0.717, 1.165) is 19.4 Å². The van der Waals surface area contributed by atoms with Gasteiger partial charge in [0.2, 0.25) is 5.91 Å².